The van der Waals surface area contributed by atoms with Crippen molar-refractivity contribution in [2.24, 2.45) is 0 Å². The fourth-order valence-corrected chi connectivity index (χ4v) is 1.99. The molecule has 0 N–H and O–H groups in total. The summed E-state index contributed by atoms with van der Waals surface area (Å²) >= 11 is 9.21. The van der Waals surface area contributed by atoms with Gasteiger partial charge in [0.2, 0.25) is 0 Å². The Balaban J connectivity index is 2.61. The van der Waals surface area contributed by atoms with Gasteiger partial charge in [-0.3, -0.25) is 4.68 Å². The minimum absolute atomic E-state index is 0.700. The molecule has 5 heteroatoms. The maximum atomic E-state index is 5.70. The Morgan fingerprint density at radius 2 is 2.27 bits per heavy atom. The van der Waals surface area contributed by atoms with Gasteiger partial charge in [0.05, 0.1) is 22.9 Å². The van der Waals surface area contributed by atoms with Crippen LogP contribution < -0.4 is 0 Å². The highest BCUT2D eigenvalue weighted by atomic mass is 79.9. The Morgan fingerprint density at radius 1 is 1.53 bits per heavy atom. The van der Waals surface area contributed by atoms with E-state index in [0.29, 0.717) is 5.88 Å². The molecule has 86 valence electrons. The molecule has 3 nitrogen and oxygen atoms in total. The van der Waals surface area contributed by atoms with Gasteiger partial charge in [-0.25, -0.2) is 0 Å². The molecular formula is C10H17BrClN3. The Labute approximate surface area is 105 Å². The van der Waals surface area contributed by atoms with E-state index >= 15 is 0 Å². The summed E-state index contributed by atoms with van der Waals surface area (Å²) in [7, 11) is 4.13. The van der Waals surface area contributed by atoms with Gasteiger partial charge in [-0.15, -0.1) is 11.6 Å². The van der Waals surface area contributed by atoms with Crippen molar-refractivity contribution in [3.63, 3.8) is 0 Å². The number of likely N-dealkylation sites (N-methyl/N-ethyl adjacent to an activating group) is 1. The molecule has 0 saturated carbocycles. The van der Waals surface area contributed by atoms with Crippen LogP contribution in [0.5, 0.6) is 0 Å². The van der Waals surface area contributed by atoms with Crippen molar-refractivity contribution in [1.29, 1.82) is 0 Å². The summed E-state index contributed by atoms with van der Waals surface area (Å²) < 4.78 is 3.14. The molecule has 1 heterocycles. The third-order valence-electron chi connectivity index (χ3n) is 2.20. The Kier molecular flexibility index (Phi) is 5.64. The normalized spacial score (nSPS) is 11.3. The number of hydrogen-bond acceptors (Lipinski definition) is 2. The highest BCUT2D eigenvalue weighted by Crippen LogP contribution is 2.17. The largest absolute Gasteiger partial charge is 0.308 e. The van der Waals surface area contributed by atoms with Gasteiger partial charge in [-0.05, 0) is 42.9 Å². The summed E-state index contributed by atoms with van der Waals surface area (Å²) in [6.07, 6.45) is 3.84. The molecule has 15 heavy (non-hydrogen) atoms. The van der Waals surface area contributed by atoms with Crippen LogP contribution in [0.3, 0.4) is 0 Å². The van der Waals surface area contributed by atoms with Crippen molar-refractivity contribution >= 4 is 27.5 Å². The second-order valence-corrected chi connectivity index (χ2v) is 4.99. The van der Waals surface area contributed by atoms with E-state index in [2.05, 4.69) is 44.7 Å². The molecule has 0 spiro atoms. The second-order valence-electron chi connectivity index (χ2n) is 3.76. The van der Waals surface area contributed by atoms with E-state index in [-0.39, 0.29) is 0 Å². The third-order valence-corrected chi connectivity index (χ3v) is 3.13. The van der Waals surface area contributed by atoms with Crippen LogP contribution in [0.2, 0.25) is 0 Å². The minimum Gasteiger partial charge on any atom is -0.308 e. The van der Waals surface area contributed by atoms with E-state index in [1.54, 1.807) is 0 Å². The molecule has 0 radical (unpaired) electrons. The Morgan fingerprint density at radius 3 is 2.87 bits per heavy atom. The number of aromatic nitrogens is 2. The molecule has 0 aliphatic heterocycles. The lowest BCUT2D eigenvalue weighted by Crippen LogP contribution is -2.20. The highest BCUT2D eigenvalue weighted by molar-refractivity contribution is 9.10. The Hall–Kier alpha value is -0.0600. The molecule has 0 unspecified atom stereocenters. The summed E-state index contributed by atoms with van der Waals surface area (Å²) in [4.78, 5) is 2.15. The molecule has 0 aliphatic carbocycles. The highest BCUT2D eigenvalue weighted by Gasteiger charge is 2.08. The van der Waals surface area contributed by atoms with Crippen molar-refractivity contribution in [2.75, 3.05) is 26.5 Å². The van der Waals surface area contributed by atoms with Gasteiger partial charge in [0.1, 0.15) is 0 Å². The molecule has 1 aromatic rings. The monoisotopic (exact) mass is 293 g/mol. The molecule has 0 bridgehead atoms. The van der Waals surface area contributed by atoms with Crippen LogP contribution in [0, 0.1) is 0 Å². The SMILES string of the molecule is CN(C)CCn1ncc(Br)c1CCCCl. The predicted molar refractivity (Wildman–Crippen MR) is 67.5 cm³/mol. The summed E-state index contributed by atoms with van der Waals surface area (Å²) in [5.74, 6) is 0.700. The smallest absolute Gasteiger partial charge is 0.0635 e. The number of halogens is 2. The van der Waals surface area contributed by atoms with Gasteiger partial charge in [0, 0.05) is 12.4 Å². The fraction of sp³-hybridized carbons (Fsp3) is 0.700. The van der Waals surface area contributed by atoms with Crippen molar-refractivity contribution < 1.29 is 0 Å². The van der Waals surface area contributed by atoms with Gasteiger partial charge in [0.25, 0.3) is 0 Å². The number of nitrogens with zero attached hydrogens (tertiary/aromatic N) is 3. The standard InChI is InChI=1S/C10H17BrClN3/c1-14(2)6-7-15-10(4-3-5-12)9(11)8-13-15/h8H,3-7H2,1-2H3. The lowest BCUT2D eigenvalue weighted by molar-refractivity contribution is 0.369. The van der Waals surface area contributed by atoms with Gasteiger partial charge in [0.15, 0.2) is 0 Å². The quantitative estimate of drug-likeness (QED) is 0.751. The van der Waals surface area contributed by atoms with Crippen LogP contribution in [0.25, 0.3) is 0 Å². The maximum Gasteiger partial charge on any atom is 0.0635 e. The van der Waals surface area contributed by atoms with Crippen LogP contribution in [0.4, 0.5) is 0 Å². The van der Waals surface area contributed by atoms with Crippen molar-refractivity contribution in [1.82, 2.24) is 14.7 Å². The van der Waals surface area contributed by atoms with Crippen LogP contribution in [0.15, 0.2) is 10.7 Å². The molecule has 1 rings (SSSR count). The lowest BCUT2D eigenvalue weighted by atomic mass is 10.2. The van der Waals surface area contributed by atoms with Crippen molar-refractivity contribution in [3.05, 3.63) is 16.4 Å². The zero-order valence-corrected chi connectivity index (χ0v) is 11.6. The van der Waals surface area contributed by atoms with E-state index in [1.165, 1.54) is 5.69 Å². The van der Waals surface area contributed by atoms with Gasteiger partial charge in [-0.2, -0.15) is 5.10 Å². The minimum atomic E-state index is 0.700. The first-order valence-corrected chi connectivity index (χ1v) is 6.38. The zero-order chi connectivity index (χ0) is 11.3. The number of hydrogen-bond donors (Lipinski definition) is 0. The molecule has 0 aromatic carbocycles. The number of rotatable bonds is 6. The van der Waals surface area contributed by atoms with E-state index in [0.717, 1.165) is 30.4 Å². The lowest BCUT2D eigenvalue weighted by Gasteiger charge is -2.11. The molecule has 0 atom stereocenters. The summed E-state index contributed by atoms with van der Waals surface area (Å²) in [5, 5.41) is 4.34. The first-order valence-electron chi connectivity index (χ1n) is 5.06. The third kappa shape index (κ3) is 4.13. The molecule has 0 aliphatic rings. The predicted octanol–water partition coefficient (Wildman–Crippen LogP) is 2.38. The van der Waals surface area contributed by atoms with Gasteiger partial charge >= 0.3 is 0 Å². The molecule has 0 saturated heterocycles. The molecule has 0 fully saturated rings. The second kappa shape index (κ2) is 6.51. The maximum absolute atomic E-state index is 5.70. The Bertz CT molecular complexity index is 299. The van der Waals surface area contributed by atoms with Crippen LogP contribution >= 0.6 is 27.5 Å². The average Bonchev–Trinajstić information content (AvgIpc) is 2.53. The van der Waals surface area contributed by atoms with E-state index in [4.69, 9.17) is 11.6 Å². The summed E-state index contributed by atoms with van der Waals surface area (Å²) in [6, 6.07) is 0. The average molecular weight is 295 g/mol. The summed E-state index contributed by atoms with van der Waals surface area (Å²) in [5.41, 5.74) is 1.25. The van der Waals surface area contributed by atoms with Gasteiger partial charge < -0.3 is 4.90 Å². The van der Waals surface area contributed by atoms with Crippen LogP contribution in [0.1, 0.15) is 12.1 Å². The van der Waals surface area contributed by atoms with Gasteiger partial charge in [-0.1, -0.05) is 0 Å². The number of alkyl halides is 1. The molecule has 0 amide bonds. The summed E-state index contributed by atoms with van der Waals surface area (Å²) in [6.45, 7) is 1.93. The molecule has 1 aromatic heterocycles. The fourth-order valence-electron chi connectivity index (χ4n) is 1.36. The van der Waals surface area contributed by atoms with Crippen molar-refractivity contribution in [3.8, 4) is 0 Å². The van der Waals surface area contributed by atoms with E-state index in [1.807, 2.05) is 6.20 Å². The first-order chi connectivity index (χ1) is 7.15. The van der Waals surface area contributed by atoms with E-state index in [9.17, 15) is 0 Å². The topological polar surface area (TPSA) is 21.1 Å². The van der Waals surface area contributed by atoms with Crippen LogP contribution in [-0.4, -0.2) is 41.2 Å². The zero-order valence-electron chi connectivity index (χ0n) is 9.21. The first kappa shape index (κ1) is 13.0. The van der Waals surface area contributed by atoms with Crippen LogP contribution in [-0.2, 0) is 13.0 Å². The van der Waals surface area contributed by atoms with E-state index < -0.39 is 0 Å². The van der Waals surface area contributed by atoms with Crippen molar-refractivity contribution in [2.45, 2.75) is 19.4 Å². The molecular weight excluding hydrogens is 277 g/mol.